The van der Waals surface area contributed by atoms with Crippen LogP contribution in [0.1, 0.15) is 5.56 Å². The van der Waals surface area contributed by atoms with Crippen LogP contribution in [-0.2, 0) is 0 Å². The molecule has 0 aliphatic heterocycles. The molecule has 120 valence electrons. The summed E-state index contributed by atoms with van der Waals surface area (Å²) in [6, 6.07) is 16.2. The highest BCUT2D eigenvalue weighted by Crippen LogP contribution is 2.36. The second kappa shape index (κ2) is 6.02. The number of nitrogens with zero attached hydrogens (tertiary/aromatic N) is 2. The zero-order chi connectivity index (χ0) is 16.5. The Kier molecular flexibility index (Phi) is 3.70. The van der Waals surface area contributed by atoms with Crippen molar-refractivity contribution in [2.75, 3.05) is 12.4 Å². The third-order valence-electron chi connectivity index (χ3n) is 3.88. The van der Waals surface area contributed by atoms with Crippen LogP contribution < -0.4 is 10.1 Å². The highest BCUT2D eigenvalue weighted by molar-refractivity contribution is 7.13. The molecule has 0 aliphatic carbocycles. The Labute approximate surface area is 144 Å². The zero-order valence-electron chi connectivity index (χ0n) is 13.5. The standard InChI is InChI=1S/C19H17N3OS/c1-13-9-10-17-21-18(16-8-5-11-24-16)19(22(17)12-13)20-14-6-3-4-7-15(14)23-2/h3-12,20H,1-2H3. The molecule has 0 fully saturated rings. The summed E-state index contributed by atoms with van der Waals surface area (Å²) in [6.45, 7) is 2.08. The molecule has 4 nitrogen and oxygen atoms in total. The number of anilines is 2. The molecule has 0 radical (unpaired) electrons. The molecule has 0 saturated heterocycles. The lowest BCUT2D eigenvalue weighted by atomic mass is 10.2. The molecule has 3 heterocycles. The maximum atomic E-state index is 5.47. The number of fused-ring (bicyclic) bond motifs is 1. The second-order valence-corrected chi connectivity index (χ2v) is 6.49. The van der Waals surface area contributed by atoms with E-state index in [-0.39, 0.29) is 0 Å². The van der Waals surface area contributed by atoms with Crippen LogP contribution in [0.3, 0.4) is 0 Å². The Morgan fingerprint density at radius 1 is 1.08 bits per heavy atom. The topological polar surface area (TPSA) is 38.6 Å². The van der Waals surface area contributed by atoms with Crippen molar-refractivity contribution in [3.8, 4) is 16.3 Å². The summed E-state index contributed by atoms with van der Waals surface area (Å²) in [6.07, 6.45) is 2.09. The Hall–Kier alpha value is -2.79. The van der Waals surface area contributed by atoms with E-state index >= 15 is 0 Å². The van der Waals surface area contributed by atoms with E-state index in [4.69, 9.17) is 9.72 Å². The van der Waals surface area contributed by atoms with E-state index in [0.29, 0.717) is 0 Å². The van der Waals surface area contributed by atoms with Crippen LogP contribution >= 0.6 is 11.3 Å². The first-order chi connectivity index (χ1) is 11.8. The summed E-state index contributed by atoms with van der Waals surface area (Å²) in [7, 11) is 1.68. The van der Waals surface area contributed by atoms with Gasteiger partial charge in [0.25, 0.3) is 0 Å². The van der Waals surface area contributed by atoms with Crippen molar-refractivity contribution in [2.45, 2.75) is 6.92 Å². The fourth-order valence-electron chi connectivity index (χ4n) is 2.73. The summed E-state index contributed by atoms with van der Waals surface area (Å²) in [5, 5.41) is 5.58. The van der Waals surface area contributed by atoms with Gasteiger partial charge in [0.1, 0.15) is 22.9 Å². The lowest BCUT2D eigenvalue weighted by Crippen LogP contribution is -1.99. The minimum atomic E-state index is 0.803. The monoisotopic (exact) mass is 335 g/mol. The van der Waals surface area contributed by atoms with Gasteiger partial charge in [0.15, 0.2) is 0 Å². The van der Waals surface area contributed by atoms with Crippen LogP contribution in [0.25, 0.3) is 16.2 Å². The minimum Gasteiger partial charge on any atom is -0.495 e. The first kappa shape index (κ1) is 14.8. The van der Waals surface area contributed by atoms with Gasteiger partial charge in [-0.05, 0) is 42.1 Å². The number of benzene rings is 1. The maximum Gasteiger partial charge on any atom is 0.144 e. The smallest absolute Gasteiger partial charge is 0.144 e. The average Bonchev–Trinajstić information content (AvgIpc) is 3.24. The summed E-state index contributed by atoms with van der Waals surface area (Å²) in [4.78, 5) is 5.95. The molecule has 24 heavy (non-hydrogen) atoms. The molecule has 0 aliphatic rings. The number of methoxy groups -OCH3 is 1. The zero-order valence-corrected chi connectivity index (χ0v) is 14.3. The highest BCUT2D eigenvalue weighted by atomic mass is 32.1. The van der Waals surface area contributed by atoms with Gasteiger partial charge in [-0.3, -0.25) is 4.40 Å². The molecule has 1 N–H and O–H groups in total. The minimum absolute atomic E-state index is 0.803. The molecular weight excluding hydrogens is 318 g/mol. The quantitative estimate of drug-likeness (QED) is 0.562. The number of imidazole rings is 1. The third-order valence-corrected chi connectivity index (χ3v) is 4.76. The number of aromatic nitrogens is 2. The van der Waals surface area contributed by atoms with Crippen LogP contribution in [0.2, 0.25) is 0 Å². The molecule has 0 atom stereocenters. The van der Waals surface area contributed by atoms with Crippen LogP contribution in [0.5, 0.6) is 5.75 Å². The molecule has 4 rings (SSSR count). The van der Waals surface area contributed by atoms with Gasteiger partial charge < -0.3 is 10.1 Å². The number of ether oxygens (including phenoxy) is 1. The van der Waals surface area contributed by atoms with Gasteiger partial charge in [-0.25, -0.2) is 4.98 Å². The van der Waals surface area contributed by atoms with Gasteiger partial charge in [-0.2, -0.15) is 0 Å². The molecular formula is C19H17N3OS. The maximum absolute atomic E-state index is 5.47. The first-order valence-corrected chi connectivity index (χ1v) is 8.57. The van der Waals surface area contributed by atoms with Gasteiger partial charge in [-0.15, -0.1) is 11.3 Å². The molecule has 0 spiro atoms. The van der Waals surface area contributed by atoms with Gasteiger partial charge in [0.05, 0.1) is 17.7 Å². The Morgan fingerprint density at radius 3 is 2.75 bits per heavy atom. The number of rotatable bonds is 4. The summed E-state index contributed by atoms with van der Waals surface area (Å²) in [5.41, 5.74) is 3.96. The van der Waals surface area contributed by atoms with E-state index < -0.39 is 0 Å². The van der Waals surface area contributed by atoms with Crippen molar-refractivity contribution in [2.24, 2.45) is 0 Å². The summed E-state index contributed by atoms with van der Waals surface area (Å²) in [5.74, 6) is 1.75. The number of thiophene rings is 1. The predicted octanol–water partition coefficient (Wildman–Crippen LogP) is 5.12. The van der Waals surface area contributed by atoms with E-state index in [2.05, 4.69) is 40.4 Å². The number of para-hydroxylation sites is 2. The van der Waals surface area contributed by atoms with E-state index in [1.165, 1.54) is 5.56 Å². The summed E-state index contributed by atoms with van der Waals surface area (Å²) >= 11 is 1.68. The van der Waals surface area contributed by atoms with E-state index in [9.17, 15) is 0 Å². The van der Waals surface area contributed by atoms with Crippen molar-refractivity contribution in [1.82, 2.24) is 9.38 Å². The summed E-state index contributed by atoms with van der Waals surface area (Å²) < 4.78 is 7.56. The van der Waals surface area contributed by atoms with Crippen molar-refractivity contribution < 1.29 is 4.74 Å². The molecule has 0 unspecified atom stereocenters. The van der Waals surface area contributed by atoms with Crippen LogP contribution in [-0.4, -0.2) is 16.5 Å². The largest absolute Gasteiger partial charge is 0.495 e. The Morgan fingerprint density at radius 2 is 1.96 bits per heavy atom. The fourth-order valence-corrected chi connectivity index (χ4v) is 3.45. The van der Waals surface area contributed by atoms with Crippen LogP contribution in [0, 0.1) is 6.92 Å². The number of nitrogens with one attached hydrogen (secondary N) is 1. The van der Waals surface area contributed by atoms with E-state index in [0.717, 1.165) is 33.5 Å². The molecule has 0 amide bonds. The van der Waals surface area contributed by atoms with Crippen LogP contribution in [0.4, 0.5) is 11.5 Å². The number of hydrogen-bond donors (Lipinski definition) is 1. The van der Waals surface area contributed by atoms with Gasteiger partial charge in [-0.1, -0.05) is 24.3 Å². The van der Waals surface area contributed by atoms with Crippen molar-refractivity contribution in [1.29, 1.82) is 0 Å². The Bertz CT molecular complexity index is 989. The van der Waals surface area contributed by atoms with Crippen molar-refractivity contribution in [3.05, 3.63) is 65.7 Å². The lowest BCUT2D eigenvalue weighted by molar-refractivity contribution is 0.417. The first-order valence-electron chi connectivity index (χ1n) is 7.69. The highest BCUT2D eigenvalue weighted by Gasteiger charge is 2.16. The molecule has 0 saturated carbocycles. The van der Waals surface area contributed by atoms with E-state index in [1.807, 2.05) is 36.4 Å². The second-order valence-electron chi connectivity index (χ2n) is 5.55. The normalized spacial score (nSPS) is 10.9. The van der Waals surface area contributed by atoms with Gasteiger partial charge in [0.2, 0.25) is 0 Å². The van der Waals surface area contributed by atoms with Gasteiger partial charge >= 0.3 is 0 Å². The number of hydrogen-bond acceptors (Lipinski definition) is 4. The van der Waals surface area contributed by atoms with Crippen LogP contribution in [0.15, 0.2) is 60.1 Å². The van der Waals surface area contributed by atoms with Crippen molar-refractivity contribution in [3.63, 3.8) is 0 Å². The third kappa shape index (κ3) is 2.53. The molecule has 5 heteroatoms. The van der Waals surface area contributed by atoms with E-state index in [1.54, 1.807) is 18.4 Å². The predicted molar refractivity (Wildman–Crippen MR) is 99.5 cm³/mol. The number of pyridine rings is 1. The lowest BCUT2D eigenvalue weighted by Gasteiger charge is -2.12. The fraction of sp³-hybridized carbons (Fsp3) is 0.105. The van der Waals surface area contributed by atoms with Crippen molar-refractivity contribution >= 4 is 28.5 Å². The van der Waals surface area contributed by atoms with Gasteiger partial charge in [0, 0.05) is 6.20 Å². The molecule has 0 bridgehead atoms. The SMILES string of the molecule is COc1ccccc1Nc1c(-c2cccs2)nc2ccc(C)cn12. The average molecular weight is 335 g/mol. The molecule has 4 aromatic rings. The Balaban J connectivity index is 1.92. The number of aryl methyl sites for hydroxylation is 1. The molecule has 1 aromatic carbocycles. The molecule has 3 aromatic heterocycles.